The van der Waals surface area contributed by atoms with Crippen molar-refractivity contribution >= 4 is 47.2 Å². The van der Waals surface area contributed by atoms with Crippen molar-refractivity contribution in [3.63, 3.8) is 0 Å². The minimum absolute atomic E-state index is 0. The Bertz CT molecular complexity index is 571. The molecule has 2 N–H and O–H groups in total. The molecule has 0 saturated carbocycles. The molecule has 5 nitrogen and oxygen atoms in total. The summed E-state index contributed by atoms with van der Waals surface area (Å²) in [5.41, 5.74) is 2.28. The zero-order valence-electron chi connectivity index (χ0n) is 15.1. The van der Waals surface area contributed by atoms with Gasteiger partial charge in [-0.05, 0) is 26.1 Å². The van der Waals surface area contributed by atoms with E-state index in [1.807, 2.05) is 18.2 Å². The molecule has 1 aromatic rings. The van der Waals surface area contributed by atoms with E-state index in [0.717, 1.165) is 49.3 Å². The molecular weight excluding hydrogens is 449 g/mol. The number of guanidine groups is 1. The second-order valence-corrected chi connectivity index (χ2v) is 6.30. The highest BCUT2D eigenvalue weighted by molar-refractivity contribution is 14.0. The number of piperazine rings is 1. The first-order chi connectivity index (χ1) is 11.7. The summed E-state index contributed by atoms with van der Waals surface area (Å²) in [6, 6.07) is 6.10. The van der Waals surface area contributed by atoms with Gasteiger partial charge in [0.2, 0.25) is 0 Å². The van der Waals surface area contributed by atoms with Crippen LogP contribution in [0.5, 0.6) is 0 Å². The molecule has 0 unspecified atom stereocenters. The van der Waals surface area contributed by atoms with E-state index in [-0.39, 0.29) is 24.0 Å². The summed E-state index contributed by atoms with van der Waals surface area (Å²) in [6.45, 7) is 12.0. The van der Waals surface area contributed by atoms with Crippen LogP contribution in [0.15, 0.2) is 35.8 Å². The molecule has 1 heterocycles. The molecule has 7 heteroatoms. The van der Waals surface area contributed by atoms with Crippen molar-refractivity contribution in [2.45, 2.75) is 13.5 Å². The molecule has 25 heavy (non-hydrogen) atoms. The van der Waals surface area contributed by atoms with Crippen molar-refractivity contribution in [3.8, 4) is 0 Å². The van der Waals surface area contributed by atoms with E-state index < -0.39 is 0 Å². The number of halogens is 2. The lowest BCUT2D eigenvalue weighted by Crippen LogP contribution is -2.44. The SMILES string of the molecule is C=CCNC(=NCc1c(Cl)cccc1N1CCN(C)CC1)NCC.I. The third-order valence-corrected chi connectivity index (χ3v) is 4.45. The Hall–Kier alpha value is -0.990. The Morgan fingerprint density at radius 1 is 1.28 bits per heavy atom. The Kier molecular flexibility index (Phi) is 10.2. The van der Waals surface area contributed by atoms with E-state index in [2.05, 4.69) is 52.0 Å². The molecule has 0 aromatic heterocycles. The summed E-state index contributed by atoms with van der Waals surface area (Å²) in [5, 5.41) is 7.23. The van der Waals surface area contributed by atoms with Gasteiger partial charge in [-0.25, -0.2) is 4.99 Å². The Balaban J connectivity index is 0.00000312. The minimum Gasteiger partial charge on any atom is -0.369 e. The number of aliphatic imine (C=N–C) groups is 1. The molecule has 1 saturated heterocycles. The lowest BCUT2D eigenvalue weighted by atomic mass is 10.1. The van der Waals surface area contributed by atoms with E-state index in [9.17, 15) is 0 Å². The zero-order chi connectivity index (χ0) is 17.4. The van der Waals surface area contributed by atoms with E-state index in [4.69, 9.17) is 11.6 Å². The fraction of sp³-hybridized carbons (Fsp3) is 0.500. The van der Waals surface area contributed by atoms with Gasteiger partial charge in [-0.1, -0.05) is 23.7 Å². The van der Waals surface area contributed by atoms with Crippen LogP contribution in [-0.2, 0) is 6.54 Å². The van der Waals surface area contributed by atoms with Crippen molar-refractivity contribution in [2.75, 3.05) is 51.2 Å². The van der Waals surface area contributed by atoms with E-state index >= 15 is 0 Å². The summed E-state index contributed by atoms with van der Waals surface area (Å²) >= 11 is 6.48. The van der Waals surface area contributed by atoms with Crippen LogP contribution >= 0.6 is 35.6 Å². The first-order valence-electron chi connectivity index (χ1n) is 8.49. The number of likely N-dealkylation sites (N-methyl/N-ethyl adjacent to an activating group) is 1. The monoisotopic (exact) mass is 477 g/mol. The predicted octanol–water partition coefficient (Wildman–Crippen LogP) is 2.95. The summed E-state index contributed by atoms with van der Waals surface area (Å²) in [4.78, 5) is 9.43. The number of nitrogens with zero attached hydrogens (tertiary/aromatic N) is 3. The number of hydrogen-bond donors (Lipinski definition) is 2. The highest BCUT2D eigenvalue weighted by atomic mass is 127. The fourth-order valence-electron chi connectivity index (χ4n) is 2.72. The van der Waals surface area contributed by atoms with Gasteiger partial charge in [0.05, 0.1) is 6.54 Å². The smallest absolute Gasteiger partial charge is 0.191 e. The molecule has 0 atom stereocenters. The number of nitrogens with one attached hydrogen (secondary N) is 2. The first-order valence-corrected chi connectivity index (χ1v) is 8.87. The van der Waals surface area contributed by atoms with Crippen molar-refractivity contribution < 1.29 is 0 Å². The topological polar surface area (TPSA) is 42.9 Å². The van der Waals surface area contributed by atoms with Crippen LogP contribution in [0.1, 0.15) is 12.5 Å². The van der Waals surface area contributed by atoms with Crippen LogP contribution in [0, 0.1) is 0 Å². The zero-order valence-corrected chi connectivity index (χ0v) is 18.2. The van der Waals surface area contributed by atoms with Crippen LogP contribution in [-0.4, -0.2) is 57.2 Å². The average molecular weight is 478 g/mol. The largest absolute Gasteiger partial charge is 0.369 e. The van der Waals surface area contributed by atoms with Gasteiger partial charge in [-0.15, -0.1) is 30.6 Å². The molecule has 0 aliphatic carbocycles. The van der Waals surface area contributed by atoms with Crippen molar-refractivity contribution in [3.05, 3.63) is 41.4 Å². The molecular formula is C18H29ClIN5. The lowest BCUT2D eigenvalue weighted by molar-refractivity contribution is 0.312. The molecule has 1 aliphatic rings. The summed E-state index contributed by atoms with van der Waals surface area (Å²) < 4.78 is 0. The fourth-order valence-corrected chi connectivity index (χ4v) is 2.95. The van der Waals surface area contributed by atoms with Crippen LogP contribution in [0.4, 0.5) is 5.69 Å². The van der Waals surface area contributed by atoms with Crippen LogP contribution in [0.2, 0.25) is 5.02 Å². The summed E-state index contributed by atoms with van der Waals surface area (Å²) in [7, 11) is 2.16. The maximum absolute atomic E-state index is 6.48. The van der Waals surface area contributed by atoms with Crippen LogP contribution < -0.4 is 15.5 Å². The van der Waals surface area contributed by atoms with Gasteiger partial charge in [0.25, 0.3) is 0 Å². The molecule has 2 rings (SSSR count). The molecule has 0 radical (unpaired) electrons. The van der Waals surface area contributed by atoms with Crippen molar-refractivity contribution in [1.29, 1.82) is 0 Å². The maximum atomic E-state index is 6.48. The van der Waals surface area contributed by atoms with Crippen molar-refractivity contribution in [2.24, 2.45) is 4.99 Å². The molecule has 1 aromatic carbocycles. The highest BCUT2D eigenvalue weighted by Crippen LogP contribution is 2.29. The molecule has 140 valence electrons. The maximum Gasteiger partial charge on any atom is 0.191 e. The van der Waals surface area contributed by atoms with Gasteiger partial charge in [0.15, 0.2) is 5.96 Å². The number of anilines is 1. The molecule has 1 aliphatic heterocycles. The third kappa shape index (κ3) is 6.67. The van der Waals surface area contributed by atoms with Crippen LogP contribution in [0.25, 0.3) is 0 Å². The molecule has 1 fully saturated rings. The second-order valence-electron chi connectivity index (χ2n) is 5.89. The number of hydrogen-bond acceptors (Lipinski definition) is 3. The second kappa shape index (κ2) is 11.6. The van der Waals surface area contributed by atoms with Gasteiger partial charge >= 0.3 is 0 Å². The average Bonchev–Trinajstić information content (AvgIpc) is 2.59. The van der Waals surface area contributed by atoms with Gasteiger partial charge in [0.1, 0.15) is 0 Å². The first kappa shape index (κ1) is 22.1. The predicted molar refractivity (Wildman–Crippen MR) is 120 cm³/mol. The summed E-state index contributed by atoms with van der Waals surface area (Å²) in [6.07, 6.45) is 1.82. The Labute approximate surface area is 173 Å². The quantitative estimate of drug-likeness (QED) is 0.286. The minimum atomic E-state index is 0. The lowest BCUT2D eigenvalue weighted by Gasteiger charge is -2.35. The normalized spacial score (nSPS) is 15.5. The van der Waals surface area contributed by atoms with Gasteiger partial charge in [0, 0.05) is 55.5 Å². The van der Waals surface area contributed by atoms with E-state index in [0.29, 0.717) is 13.1 Å². The molecule has 0 bridgehead atoms. The summed E-state index contributed by atoms with van der Waals surface area (Å²) in [5.74, 6) is 0.779. The number of benzene rings is 1. The number of rotatable bonds is 6. The van der Waals surface area contributed by atoms with Crippen molar-refractivity contribution in [1.82, 2.24) is 15.5 Å². The standard InChI is InChI=1S/C18H28ClN5.HI/c1-4-9-21-18(20-5-2)22-14-15-16(19)7-6-8-17(15)24-12-10-23(3)11-13-24;/h4,6-8H,1,5,9-14H2,2-3H3,(H2,20,21,22);1H. The van der Waals surface area contributed by atoms with Crippen LogP contribution in [0.3, 0.4) is 0 Å². The highest BCUT2D eigenvalue weighted by Gasteiger charge is 2.18. The van der Waals surface area contributed by atoms with E-state index in [1.54, 1.807) is 0 Å². The third-order valence-electron chi connectivity index (χ3n) is 4.09. The Morgan fingerprint density at radius 2 is 2.00 bits per heavy atom. The van der Waals surface area contributed by atoms with E-state index in [1.165, 1.54) is 5.69 Å². The van der Waals surface area contributed by atoms with Gasteiger partial charge in [-0.3, -0.25) is 0 Å². The molecule has 0 amide bonds. The van der Waals surface area contributed by atoms with Gasteiger partial charge < -0.3 is 20.4 Å². The molecule has 0 spiro atoms. The van der Waals surface area contributed by atoms with Gasteiger partial charge in [-0.2, -0.15) is 0 Å². The Morgan fingerprint density at radius 3 is 2.64 bits per heavy atom.